The van der Waals surface area contributed by atoms with Crippen molar-refractivity contribution in [1.82, 2.24) is 9.13 Å². The molecule has 0 radical (unpaired) electrons. The zero-order valence-corrected chi connectivity index (χ0v) is 25.6. The van der Waals surface area contributed by atoms with Gasteiger partial charge < -0.3 is 14.0 Å². The standard InChI is InChI=1S/C31H30N4O4S2/c1-8-39-30(37)26-18(4)33-31-35(27(26)21-9-11-23(38-7)12-10-21)28(36)25(41-31)14-22-13-16(2)34(19(22)5)29-24(15-32)17(3)20(6)40-29/h9-14,27H,8H2,1-7H3/b25-14+/t27-/m1/s1. The Kier molecular flexibility index (Phi) is 7.60. The Morgan fingerprint density at radius 3 is 2.49 bits per heavy atom. The van der Waals surface area contributed by atoms with E-state index in [9.17, 15) is 14.9 Å². The van der Waals surface area contributed by atoms with Crippen LogP contribution in [0.1, 0.15) is 58.4 Å². The Morgan fingerprint density at radius 1 is 1.15 bits per heavy atom. The van der Waals surface area contributed by atoms with Crippen LogP contribution in [0.2, 0.25) is 0 Å². The summed E-state index contributed by atoms with van der Waals surface area (Å²) in [5.41, 5.74) is 5.79. The maximum absolute atomic E-state index is 14.0. The van der Waals surface area contributed by atoms with E-state index >= 15 is 0 Å². The number of aromatic nitrogens is 2. The number of nitriles is 1. The largest absolute Gasteiger partial charge is 0.497 e. The Balaban J connectivity index is 1.70. The van der Waals surface area contributed by atoms with Crippen LogP contribution >= 0.6 is 22.7 Å². The molecule has 4 heterocycles. The van der Waals surface area contributed by atoms with Crippen molar-refractivity contribution in [3.63, 3.8) is 0 Å². The average Bonchev–Trinajstić information content (AvgIpc) is 3.52. The number of thiophene rings is 1. The summed E-state index contributed by atoms with van der Waals surface area (Å²) < 4.78 is 14.9. The van der Waals surface area contributed by atoms with Crippen molar-refractivity contribution < 1.29 is 14.3 Å². The molecule has 1 aliphatic rings. The fourth-order valence-electron chi connectivity index (χ4n) is 5.18. The van der Waals surface area contributed by atoms with Gasteiger partial charge in [-0.2, -0.15) is 5.26 Å². The van der Waals surface area contributed by atoms with Crippen LogP contribution < -0.4 is 19.6 Å². The predicted octanol–water partition coefficient (Wildman–Crippen LogP) is 4.76. The second-order valence-corrected chi connectivity index (χ2v) is 12.0. The zero-order valence-electron chi connectivity index (χ0n) is 24.0. The van der Waals surface area contributed by atoms with Crippen LogP contribution in [-0.2, 0) is 9.53 Å². The maximum atomic E-state index is 14.0. The minimum Gasteiger partial charge on any atom is -0.497 e. The van der Waals surface area contributed by atoms with Gasteiger partial charge in [-0.3, -0.25) is 9.36 Å². The van der Waals surface area contributed by atoms with Crippen LogP contribution in [0, 0.1) is 39.0 Å². The van der Waals surface area contributed by atoms with Crippen LogP contribution in [0.3, 0.4) is 0 Å². The van der Waals surface area contributed by atoms with E-state index in [1.165, 1.54) is 11.3 Å². The predicted molar refractivity (Wildman–Crippen MR) is 161 cm³/mol. The van der Waals surface area contributed by atoms with Gasteiger partial charge in [0.1, 0.15) is 16.8 Å². The Labute approximate surface area is 245 Å². The molecule has 4 aromatic rings. The quantitative estimate of drug-likeness (QED) is 0.303. The first-order valence-electron chi connectivity index (χ1n) is 13.1. The van der Waals surface area contributed by atoms with Crippen LogP contribution in [0.4, 0.5) is 0 Å². The number of fused-ring (bicyclic) bond motifs is 1. The van der Waals surface area contributed by atoms with E-state index in [4.69, 9.17) is 9.47 Å². The molecule has 0 saturated carbocycles. The number of esters is 1. The summed E-state index contributed by atoms with van der Waals surface area (Å²) in [6.07, 6.45) is 1.87. The zero-order chi connectivity index (χ0) is 29.6. The number of methoxy groups -OCH3 is 1. The lowest BCUT2D eigenvalue weighted by Gasteiger charge is -2.24. The second-order valence-electron chi connectivity index (χ2n) is 9.81. The molecule has 3 aromatic heterocycles. The smallest absolute Gasteiger partial charge is 0.338 e. The lowest BCUT2D eigenvalue weighted by molar-refractivity contribution is -0.139. The third-order valence-corrected chi connectivity index (χ3v) is 9.56. The van der Waals surface area contributed by atoms with Crippen LogP contribution in [0.5, 0.6) is 5.75 Å². The third-order valence-electron chi connectivity index (χ3n) is 7.39. The Morgan fingerprint density at radius 2 is 1.85 bits per heavy atom. The molecule has 210 valence electrons. The highest BCUT2D eigenvalue weighted by Gasteiger charge is 2.33. The van der Waals surface area contributed by atoms with Crippen LogP contribution in [0.25, 0.3) is 11.1 Å². The van der Waals surface area contributed by atoms with Gasteiger partial charge in [0.05, 0.1) is 41.1 Å². The van der Waals surface area contributed by atoms with Gasteiger partial charge in [0, 0.05) is 16.3 Å². The molecule has 5 rings (SSSR count). The van der Waals surface area contributed by atoms with Crippen molar-refractivity contribution in [2.45, 2.75) is 47.6 Å². The first-order chi connectivity index (χ1) is 19.6. The number of thiazole rings is 1. The molecular weight excluding hydrogens is 556 g/mol. The summed E-state index contributed by atoms with van der Waals surface area (Å²) in [6.45, 7) is 11.7. The molecule has 1 atom stereocenters. The number of hydrogen-bond acceptors (Lipinski definition) is 8. The van der Waals surface area contributed by atoms with Gasteiger partial charge in [0.25, 0.3) is 5.56 Å². The fourth-order valence-corrected chi connectivity index (χ4v) is 7.43. The fraction of sp³-hybridized carbons (Fsp3) is 0.290. The van der Waals surface area contributed by atoms with E-state index < -0.39 is 12.0 Å². The summed E-state index contributed by atoms with van der Waals surface area (Å²) in [7, 11) is 1.59. The van der Waals surface area contributed by atoms with E-state index in [0.29, 0.717) is 31.9 Å². The second kappa shape index (κ2) is 11.0. The van der Waals surface area contributed by atoms with Crippen LogP contribution in [0.15, 0.2) is 51.4 Å². The number of ether oxygens (including phenoxy) is 2. The van der Waals surface area contributed by atoms with Crippen molar-refractivity contribution in [3.05, 3.63) is 99.8 Å². The average molecular weight is 587 g/mol. The minimum atomic E-state index is -0.693. The summed E-state index contributed by atoms with van der Waals surface area (Å²) in [6, 6.07) is 11.0. The molecule has 1 aromatic carbocycles. The molecule has 0 unspecified atom stereocenters. The number of hydrogen-bond donors (Lipinski definition) is 0. The van der Waals surface area contributed by atoms with Gasteiger partial charge in [-0.1, -0.05) is 23.5 Å². The maximum Gasteiger partial charge on any atom is 0.338 e. The summed E-state index contributed by atoms with van der Waals surface area (Å²) in [5, 5.41) is 10.7. The summed E-state index contributed by atoms with van der Waals surface area (Å²) >= 11 is 2.88. The molecule has 0 aliphatic carbocycles. The van der Waals surface area contributed by atoms with Crippen molar-refractivity contribution in [1.29, 1.82) is 5.26 Å². The highest BCUT2D eigenvalue weighted by molar-refractivity contribution is 7.15. The molecule has 0 spiro atoms. The number of carbonyl (C=O) groups excluding carboxylic acids is 1. The monoisotopic (exact) mass is 586 g/mol. The molecule has 0 N–H and O–H groups in total. The molecular formula is C31H30N4O4S2. The number of nitrogens with zero attached hydrogens (tertiary/aromatic N) is 4. The number of allylic oxidation sites excluding steroid dienone is 1. The van der Waals surface area contributed by atoms with Gasteiger partial charge in [0.15, 0.2) is 4.80 Å². The van der Waals surface area contributed by atoms with Gasteiger partial charge in [-0.05, 0) is 82.5 Å². The molecule has 41 heavy (non-hydrogen) atoms. The molecule has 0 amide bonds. The number of benzene rings is 1. The Bertz CT molecular complexity index is 1950. The van der Waals surface area contributed by atoms with Crippen molar-refractivity contribution >= 4 is 34.7 Å². The summed E-state index contributed by atoms with van der Waals surface area (Å²) in [5.74, 6) is 0.174. The normalized spacial score (nSPS) is 15.0. The number of rotatable bonds is 6. The van der Waals surface area contributed by atoms with E-state index in [1.54, 1.807) is 36.9 Å². The molecule has 0 fully saturated rings. The van der Waals surface area contributed by atoms with Crippen molar-refractivity contribution in [2.24, 2.45) is 4.99 Å². The minimum absolute atomic E-state index is 0.210. The molecule has 0 saturated heterocycles. The molecule has 8 nitrogen and oxygen atoms in total. The lowest BCUT2D eigenvalue weighted by Crippen LogP contribution is -2.39. The lowest BCUT2D eigenvalue weighted by atomic mass is 9.96. The highest BCUT2D eigenvalue weighted by atomic mass is 32.1. The topological polar surface area (TPSA) is 98.6 Å². The van der Waals surface area contributed by atoms with Crippen molar-refractivity contribution in [2.75, 3.05) is 13.7 Å². The van der Waals surface area contributed by atoms with E-state index in [2.05, 4.69) is 15.6 Å². The van der Waals surface area contributed by atoms with E-state index in [0.717, 1.165) is 38.0 Å². The van der Waals surface area contributed by atoms with Gasteiger partial charge in [-0.25, -0.2) is 9.79 Å². The third kappa shape index (κ3) is 4.75. The van der Waals surface area contributed by atoms with Gasteiger partial charge >= 0.3 is 5.97 Å². The van der Waals surface area contributed by atoms with Gasteiger partial charge in [0.2, 0.25) is 0 Å². The molecule has 10 heteroatoms. The number of carbonyl (C=O) groups is 1. The highest BCUT2D eigenvalue weighted by Crippen LogP contribution is 2.34. The first kappa shape index (κ1) is 28.3. The van der Waals surface area contributed by atoms with Gasteiger partial charge in [-0.15, -0.1) is 11.3 Å². The van der Waals surface area contributed by atoms with E-state index in [1.807, 2.05) is 64.1 Å². The van der Waals surface area contributed by atoms with Crippen LogP contribution in [-0.4, -0.2) is 28.8 Å². The van der Waals surface area contributed by atoms with E-state index in [-0.39, 0.29) is 12.2 Å². The first-order valence-corrected chi connectivity index (χ1v) is 14.8. The summed E-state index contributed by atoms with van der Waals surface area (Å²) in [4.78, 5) is 33.4. The molecule has 0 bridgehead atoms. The number of aryl methyl sites for hydroxylation is 2. The molecule has 1 aliphatic heterocycles. The Hall–Kier alpha value is -4.20. The SMILES string of the molecule is CCOC(=O)C1=C(C)N=c2s/c(=C/c3cc(C)n(-c4sc(C)c(C)c4C#N)c3C)c(=O)n2[C@@H]1c1ccc(OC)cc1. The van der Waals surface area contributed by atoms with Crippen molar-refractivity contribution in [3.8, 4) is 16.8 Å².